The first-order chi connectivity index (χ1) is 15.9. The molecule has 3 N–H and O–H groups in total. The van der Waals surface area contributed by atoms with Gasteiger partial charge in [0.1, 0.15) is 11.6 Å². The Balaban J connectivity index is 1.55. The van der Waals surface area contributed by atoms with E-state index in [1.165, 1.54) is 12.1 Å². The number of carbonyl (C=O) groups excluding carboxylic acids is 1. The van der Waals surface area contributed by atoms with Gasteiger partial charge < -0.3 is 15.7 Å². The molecule has 0 spiro atoms. The number of hydrogen-bond acceptors (Lipinski definition) is 5. The number of carbonyl (C=O) groups is 2. The quantitative estimate of drug-likeness (QED) is 0.370. The summed E-state index contributed by atoms with van der Waals surface area (Å²) in [5, 5.41) is 15.2. The van der Waals surface area contributed by atoms with Gasteiger partial charge in [0, 0.05) is 28.6 Å². The molecule has 7 heteroatoms. The largest absolute Gasteiger partial charge is 0.478 e. The average Bonchev–Trinajstić information content (AvgIpc) is 2.80. The Morgan fingerprint density at radius 3 is 2.36 bits per heavy atom. The van der Waals surface area contributed by atoms with E-state index in [2.05, 4.69) is 20.6 Å². The van der Waals surface area contributed by atoms with Crippen LogP contribution in [0, 0.1) is 13.8 Å². The Labute approximate surface area is 191 Å². The fourth-order valence-electron chi connectivity index (χ4n) is 3.36. The van der Waals surface area contributed by atoms with Crippen molar-refractivity contribution in [2.24, 2.45) is 0 Å². The molecule has 0 aliphatic carbocycles. The van der Waals surface area contributed by atoms with Gasteiger partial charge in [-0.15, -0.1) is 0 Å². The van der Waals surface area contributed by atoms with E-state index in [-0.39, 0.29) is 11.5 Å². The zero-order valence-corrected chi connectivity index (χ0v) is 18.2. The number of nitrogens with one attached hydrogen (secondary N) is 2. The molecule has 164 valence electrons. The van der Waals surface area contributed by atoms with Crippen molar-refractivity contribution in [1.82, 2.24) is 9.97 Å². The predicted octanol–water partition coefficient (Wildman–Crippen LogP) is 5.45. The molecule has 1 heterocycles. The Bertz CT molecular complexity index is 1340. The first-order valence-electron chi connectivity index (χ1n) is 10.3. The smallest absolute Gasteiger partial charge is 0.335 e. The molecule has 3 aromatic carbocycles. The van der Waals surface area contributed by atoms with Crippen LogP contribution in [-0.4, -0.2) is 27.0 Å². The van der Waals surface area contributed by atoms with Gasteiger partial charge in [0.25, 0.3) is 5.91 Å². The van der Waals surface area contributed by atoms with Crippen LogP contribution in [0.1, 0.15) is 32.1 Å². The number of nitrogens with zero attached hydrogens (tertiary/aromatic N) is 2. The summed E-state index contributed by atoms with van der Waals surface area (Å²) < 4.78 is 0. The molecule has 0 unspecified atom stereocenters. The van der Waals surface area contributed by atoms with Gasteiger partial charge in [-0.25, -0.2) is 14.8 Å². The second-order valence-electron chi connectivity index (χ2n) is 7.55. The lowest BCUT2D eigenvalue weighted by Crippen LogP contribution is -2.13. The van der Waals surface area contributed by atoms with Crippen molar-refractivity contribution >= 4 is 29.1 Å². The minimum Gasteiger partial charge on any atom is -0.478 e. The molecule has 33 heavy (non-hydrogen) atoms. The number of aromatic carboxylic acids is 1. The van der Waals surface area contributed by atoms with Crippen LogP contribution in [0.2, 0.25) is 0 Å². The van der Waals surface area contributed by atoms with Gasteiger partial charge in [0.15, 0.2) is 0 Å². The molecule has 0 aliphatic heterocycles. The number of carboxylic acids is 1. The van der Waals surface area contributed by atoms with Gasteiger partial charge in [0.05, 0.1) is 11.3 Å². The van der Waals surface area contributed by atoms with Crippen LogP contribution in [0.3, 0.4) is 0 Å². The van der Waals surface area contributed by atoms with Crippen molar-refractivity contribution < 1.29 is 14.7 Å². The number of amides is 1. The van der Waals surface area contributed by atoms with Gasteiger partial charge >= 0.3 is 5.97 Å². The zero-order valence-electron chi connectivity index (χ0n) is 18.2. The highest BCUT2D eigenvalue weighted by molar-refractivity contribution is 6.05. The molecule has 7 nitrogen and oxygen atoms in total. The van der Waals surface area contributed by atoms with Crippen LogP contribution < -0.4 is 10.6 Å². The van der Waals surface area contributed by atoms with Crippen molar-refractivity contribution in [3.63, 3.8) is 0 Å². The molecule has 0 fully saturated rings. The van der Waals surface area contributed by atoms with E-state index in [9.17, 15) is 14.7 Å². The molecule has 0 saturated heterocycles. The van der Waals surface area contributed by atoms with Crippen LogP contribution in [0.25, 0.3) is 11.3 Å². The number of hydrogen-bond donors (Lipinski definition) is 3. The van der Waals surface area contributed by atoms with E-state index in [0.29, 0.717) is 28.6 Å². The summed E-state index contributed by atoms with van der Waals surface area (Å²) in [4.78, 5) is 33.0. The van der Waals surface area contributed by atoms with Crippen molar-refractivity contribution in [3.05, 3.63) is 101 Å². The number of aromatic nitrogens is 2. The lowest BCUT2D eigenvalue weighted by atomic mass is 10.1. The molecule has 1 amide bonds. The maximum atomic E-state index is 12.8. The summed E-state index contributed by atoms with van der Waals surface area (Å²) in [6.45, 7) is 3.63. The summed E-state index contributed by atoms with van der Waals surface area (Å²) in [5.74, 6) is -0.148. The third-order valence-electron chi connectivity index (χ3n) is 5.04. The predicted molar refractivity (Wildman–Crippen MR) is 128 cm³/mol. The number of carboxylic acid groups (broad SMARTS) is 1. The van der Waals surface area contributed by atoms with Gasteiger partial charge in [-0.1, -0.05) is 42.5 Å². The molecular formula is C26H22N4O3. The van der Waals surface area contributed by atoms with Crippen molar-refractivity contribution in [2.45, 2.75) is 13.8 Å². The molecule has 1 aromatic heterocycles. The molecule has 0 bridgehead atoms. The van der Waals surface area contributed by atoms with E-state index in [1.807, 2.05) is 49.4 Å². The first kappa shape index (κ1) is 21.7. The summed E-state index contributed by atoms with van der Waals surface area (Å²) >= 11 is 0. The van der Waals surface area contributed by atoms with Crippen LogP contribution in [0.4, 0.5) is 17.2 Å². The average molecular weight is 438 g/mol. The van der Waals surface area contributed by atoms with Gasteiger partial charge in [-0.3, -0.25) is 4.79 Å². The lowest BCUT2D eigenvalue weighted by molar-refractivity contribution is 0.0696. The summed E-state index contributed by atoms with van der Waals surface area (Å²) in [6.07, 6.45) is 0. The minimum absolute atomic E-state index is 0.111. The van der Waals surface area contributed by atoms with Gasteiger partial charge in [0.2, 0.25) is 0 Å². The minimum atomic E-state index is -1.05. The Kier molecular flexibility index (Phi) is 6.13. The monoisotopic (exact) mass is 438 g/mol. The Morgan fingerprint density at radius 1 is 0.818 bits per heavy atom. The number of benzene rings is 3. The van der Waals surface area contributed by atoms with Gasteiger partial charge in [-0.05, 0) is 49.7 Å². The first-order valence-corrected chi connectivity index (χ1v) is 10.3. The molecular weight excluding hydrogens is 416 g/mol. The molecule has 0 atom stereocenters. The van der Waals surface area contributed by atoms with E-state index in [1.54, 1.807) is 31.2 Å². The number of anilines is 3. The van der Waals surface area contributed by atoms with E-state index < -0.39 is 5.97 Å². The summed E-state index contributed by atoms with van der Waals surface area (Å²) in [7, 11) is 0. The normalized spacial score (nSPS) is 10.5. The fourth-order valence-corrected chi connectivity index (χ4v) is 3.36. The molecule has 0 aliphatic rings. The second-order valence-corrected chi connectivity index (χ2v) is 7.55. The van der Waals surface area contributed by atoms with Crippen molar-refractivity contribution in [3.8, 4) is 11.3 Å². The topological polar surface area (TPSA) is 104 Å². The standard InChI is InChI=1S/C26H22N4O3/c1-16-11-12-20(26(32)33)14-22(16)30-25(31)19-9-6-10-21(13-19)29-24-15-23(27-17(2)28-24)18-7-4-3-5-8-18/h3-15H,1-2H3,(H,30,31)(H,32,33)(H,27,28,29). The SMILES string of the molecule is Cc1nc(Nc2cccc(C(=O)Nc3cc(C(=O)O)ccc3C)c2)cc(-c2ccccc2)n1. The number of aryl methyl sites for hydroxylation is 2. The summed E-state index contributed by atoms with van der Waals surface area (Å²) in [5.41, 5.74) is 4.24. The maximum Gasteiger partial charge on any atom is 0.335 e. The van der Waals surface area contributed by atoms with E-state index in [0.717, 1.165) is 16.8 Å². The number of rotatable bonds is 6. The molecule has 0 radical (unpaired) electrons. The second kappa shape index (κ2) is 9.32. The Morgan fingerprint density at radius 2 is 1.61 bits per heavy atom. The van der Waals surface area contributed by atoms with Crippen molar-refractivity contribution in [2.75, 3.05) is 10.6 Å². The lowest BCUT2D eigenvalue weighted by Gasteiger charge is -2.12. The van der Waals surface area contributed by atoms with E-state index in [4.69, 9.17) is 0 Å². The maximum absolute atomic E-state index is 12.8. The third kappa shape index (κ3) is 5.22. The van der Waals surface area contributed by atoms with Crippen LogP contribution in [0.5, 0.6) is 0 Å². The zero-order chi connectivity index (χ0) is 23.4. The van der Waals surface area contributed by atoms with Crippen molar-refractivity contribution in [1.29, 1.82) is 0 Å². The van der Waals surface area contributed by atoms with Gasteiger partial charge in [-0.2, -0.15) is 0 Å². The highest BCUT2D eigenvalue weighted by atomic mass is 16.4. The van der Waals surface area contributed by atoms with Crippen LogP contribution in [-0.2, 0) is 0 Å². The van der Waals surface area contributed by atoms with Crippen LogP contribution >= 0.6 is 0 Å². The third-order valence-corrected chi connectivity index (χ3v) is 5.04. The molecule has 4 aromatic rings. The Hall–Kier alpha value is -4.52. The van der Waals surface area contributed by atoms with E-state index >= 15 is 0 Å². The fraction of sp³-hybridized carbons (Fsp3) is 0.0769. The van der Waals surface area contributed by atoms with Crippen LogP contribution in [0.15, 0.2) is 78.9 Å². The highest BCUT2D eigenvalue weighted by Crippen LogP contribution is 2.23. The highest BCUT2D eigenvalue weighted by Gasteiger charge is 2.12. The molecule has 4 rings (SSSR count). The molecule has 0 saturated carbocycles. The summed E-state index contributed by atoms with van der Waals surface area (Å²) in [6, 6.07) is 23.3.